The number of aromatic carboxylic acids is 1. The van der Waals surface area contributed by atoms with Gasteiger partial charge in [0.15, 0.2) is 5.69 Å². The highest BCUT2D eigenvalue weighted by atomic mass is 16.4. The van der Waals surface area contributed by atoms with Gasteiger partial charge >= 0.3 is 12.0 Å². The van der Waals surface area contributed by atoms with Gasteiger partial charge in [-0.2, -0.15) is 0 Å². The summed E-state index contributed by atoms with van der Waals surface area (Å²) in [5, 5.41) is 18.8. The lowest BCUT2D eigenvalue weighted by Crippen LogP contribution is -2.45. The standard InChI is InChI=1S/C13H21N5O3/c1-9(2)18(7-10-3-4-10)13(21)14-5-6-17-8-11(12(19)20)15-16-17/h8-10H,3-7H2,1-2H3,(H,14,21)(H,19,20). The van der Waals surface area contributed by atoms with Crippen molar-refractivity contribution >= 4 is 12.0 Å². The number of amides is 2. The molecule has 1 aromatic heterocycles. The van der Waals surface area contributed by atoms with Crippen LogP contribution >= 0.6 is 0 Å². The van der Waals surface area contributed by atoms with E-state index in [1.807, 2.05) is 18.7 Å². The van der Waals surface area contributed by atoms with E-state index in [4.69, 9.17) is 5.11 Å². The summed E-state index contributed by atoms with van der Waals surface area (Å²) < 4.78 is 1.41. The number of carbonyl (C=O) groups excluding carboxylic acids is 1. The number of nitrogens with one attached hydrogen (secondary N) is 1. The first kappa shape index (κ1) is 15.3. The third-order valence-corrected chi connectivity index (χ3v) is 3.41. The van der Waals surface area contributed by atoms with Crippen molar-refractivity contribution in [1.29, 1.82) is 0 Å². The lowest BCUT2D eigenvalue weighted by Gasteiger charge is -2.27. The molecule has 0 unspecified atom stereocenters. The highest BCUT2D eigenvalue weighted by molar-refractivity contribution is 5.84. The lowest BCUT2D eigenvalue weighted by molar-refractivity contribution is 0.0690. The van der Waals surface area contributed by atoms with Gasteiger partial charge in [0, 0.05) is 19.1 Å². The molecule has 1 saturated carbocycles. The van der Waals surface area contributed by atoms with Gasteiger partial charge < -0.3 is 15.3 Å². The summed E-state index contributed by atoms with van der Waals surface area (Å²) in [6.07, 6.45) is 3.75. The highest BCUT2D eigenvalue weighted by Gasteiger charge is 2.27. The molecule has 1 aliphatic carbocycles. The predicted molar refractivity (Wildman–Crippen MR) is 74.9 cm³/mol. The van der Waals surface area contributed by atoms with Crippen LogP contribution in [-0.4, -0.2) is 56.1 Å². The van der Waals surface area contributed by atoms with Gasteiger partial charge in [-0.3, -0.25) is 0 Å². The lowest BCUT2D eigenvalue weighted by atomic mass is 10.3. The van der Waals surface area contributed by atoms with E-state index in [0.29, 0.717) is 19.0 Å². The number of carboxylic acids is 1. The molecular formula is C13H21N5O3. The molecule has 1 fully saturated rings. The van der Waals surface area contributed by atoms with Crippen molar-refractivity contribution in [3.05, 3.63) is 11.9 Å². The Morgan fingerprint density at radius 2 is 2.24 bits per heavy atom. The quantitative estimate of drug-likeness (QED) is 0.775. The van der Waals surface area contributed by atoms with Gasteiger partial charge in [0.05, 0.1) is 12.7 Å². The zero-order chi connectivity index (χ0) is 15.4. The largest absolute Gasteiger partial charge is 0.476 e. The fourth-order valence-electron chi connectivity index (χ4n) is 1.99. The molecule has 8 nitrogen and oxygen atoms in total. The molecule has 116 valence electrons. The maximum atomic E-state index is 12.1. The molecule has 2 N–H and O–H groups in total. The highest BCUT2D eigenvalue weighted by Crippen LogP contribution is 2.30. The molecule has 2 amide bonds. The van der Waals surface area contributed by atoms with Crippen LogP contribution in [0.3, 0.4) is 0 Å². The SMILES string of the molecule is CC(C)N(CC1CC1)C(=O)NCCn1cc(C(=O)O)nn1. The van der Waals surface area contributed by atoms with Gasteiger partial charge in [0.2, 0.25) is 0 Å². The molecule has 0 aromatic carbocycles. The van der Waals surface area contributed by atoms with Crippen molar-refractivity contribution in [2.24, 2.45) is 5.92 Å². The number of urea groups is 1. The molecule has 21 heavy (non-hydrogen) atoms. The molecule has 0 spiro atoms. The molecule has 0 saturated heterocycles. The van der Waals surface area contributed by atoms with E-state index >= 15 is 0 Å². The van der Waals surface area contributed by atoms with Crippen LogP contribution in [0.15, 0.2) is 6.20 Å². The summed E-state index contributed by atoms with van der Waals surface area (Å²) in [5.41, 5.74) is -0.0983. The van der Waals surface area contributed by atoms with Crippen molar-refractivity contribution < 1.29 is 14.7 Å². The molecule has 8 heteroatoms. The van der Waals surface area contributed by atoms with Gasteiger partial charge in [-0.25, -0.2) is 14.3 Å². The van der Waals surface area contributed by atoms with Gasteiger partial charge in [-0.05, 0) is 32.6 Å². The van der Waals surface area contributed by atoms with E-state index in [2.05, 4.69) is 15.6 Å². The van der Waals surface area contributed by atoms with Crippen molar-refractivity contribution in [1.82, 2.24) is 25.2 Å². The fraction of sp³-hybridized carbons (Fsp3) is 0.692. The number of carbonyl (C=O) groups is 2. The molecule has 0 aliphatic heterocycles. The second kappa shape index (κ2) is 6.55. The van der Waals surface area contributed by atoms with Crippen LogP contribution in [0, 0.1) is 5.92 Å². The van der Waals surface area contributed by atoms with E-state index in [1.165, 1.54) is 23.7 Å². The smallest absolute Gasteiger partial charge is 0.358 e. The Kier molecular flexibility index (Phi) is 4.77. The molecular weight excluding hydrogens is 274 g/mol. The van der Waals surface area contributed by atoms with E-state index < -0.39 is 5.97 Å². The molecule has 1 aliphatic rings. The number of aromatic nitrogens is 3. The summed E-state index contributed by atoms with van der Waals surface area (Å²) >= 11 is 0. The Bertz CT molecular complexity index is 510. The number of nitrogens with zero attached hydrogens (tertiary/aromatic N) is 4. The molecule has 1 heterocycles. The summed E-state index contributed by atoms with van der Waals surface area (Å²) in [5.74, 6) is -0.465. The normalized spacial score (nSPS) is 14.2. The minimum absolute atomic E-state index is 0.0875. The zero-order valence-corrected chi connectivity index (χ0v) is 12.3. The first-order valence-corrected chi connectivity index (χ1v) is 7.15. The van der Waals surface area contributed by atoms with Crippen LogP contribution in [0.2, 0.25) is 0 Å². The minimum atomic E-state index is -1.11. The number of hydrogen-bond acceptors (Lipinski definition) is 4. The Hall–Kier alpha value is -2.12. The number of carboxylic acid groups (broad SMARTS) is 1. The Morgan fingerprint density at radius 3 is 2.76 bits per heavy atom. The fourth-order valence-corrected chi connectivity index (χ4v) is 1.99. The van der Waals surface area contributed by atoms with Crippen molar-refractivity contribution in [2.45, 2.75) is 39.3 Å². The Labute approximate surface area is 123 Å². The predicted octanol–water partition coefficient (Wildman–Crippen LogP) is 0.806. The van der Waals surface area contributed by atoms with Crippen LogP contribution in [-0.2, 0) is 6.54 Å². The number of rotatable bonds is 7. The zero-order valence-electron chi connectivity index (χ0n) is 12.3. The Balaban J connectivity index is 1.77. The van der Waals surface area contributed by atoms with Crippen LogP contribution in [0.25, 0.3) is 0 Å². The molecule has 0 atom stereocenters. The maximum Gasteiger partial charge on any atom is 0.358 e. The first-order valence-electron chi connectivity index (χ1n) is 7.15. The first-order chi connectivity index (χ1) is 9.97. The number of hydrogen-bond donors (Lipinski definition) is 2. The average molecular weight is 295 g/mol. The van der Waals surface area contributed by atoms with Crippen LogP contribution in [0.1, 0.15) is 37.2 Å². The van der Waals surface area contributed by atoms with Crippen molar-refractivity contribution in [3.8, 4) is 0 Å². The molecule has 0 bridgehead atoms. The van der Waals surface area contributed by atoms with Crippen molar-refractivity contribution in [2.75, 3.05) is 13.1 Å². The summed E-state index contributed by atoms with van der Waals surface area (Å²) in [6.45, 7) is 5.57. The van der Waals surface area contributed by atoms with Crippen molar-refractivity contribution in [3.63, 3.8) is 0 Å². The van der Waals surface area contributed by atoms with Gasteiger partial charge in [0.1, 0.15) is 0 Å². The summed E-state index contributed by atoms with van der Waals surface area (Å²) in [4.78, 5) is 24.6. The third-order valence-electron chi connectivity index (χ3n) is 3.41. The minimum Gasteiger partial charge on any atom is -0.476 e. The Morgan fingerprint density at radius 1 is 1.52 bits per heavy atom. The topological polar surface area (TPSA) is 100 Å². The average Bonchev–Trinajstić information content (AvgIpc) is 3.11. The van der Waals surface area contributed by atoms with Crippen LogP contribution in [0.4, 0.5) is 4.79 Å². The molecule has 0 radical (unpaired) electrons. The monoisotopic (exact) mass is 295 g/mol. The van der Waals surface area contributed by atoms with Gasteiger partial charge in [-0.15, -0.1) is 5.10 Å². The van der Waals surface area contributed by atoms with E-state index in [-0.39, 0.29) is 17.8 Å². The van der Waals surface area contributed by atoms with Crippen LogP contribution < -0.4 is 5.32 Å². The van der Waals surface area contributed by atoms with E-state index in [1.54, 1.807) is 0 Å². The second-order valence-electron chi connectivity index (χ2n) is 5.59. The third kappa shape index (κ3) is 4.44. The van der Waals surface area contributed by atoms with Gasteiger partial charge in [-0.1, -0.05) is 5.21 Å². The van der Waals surface area contributed by atoms with E-state index in [0.717, 1.165) is 6.54 Å². The molecule has 1 aromatic rings. The maximum absolute atomic E-state index is 12.1. The summed E-state index contributed by atoms with van der Waals surface area (Å²) in [7, 11) is 0. The van der Waals surface area contributed by atoms with E-state index in [9.17, 15) is 9.59 Å². The second-order valence-corrected chi connectivity index (χ2v) is 5.59. The van der Waals surface area contributed by atoms with Gasteiger partial charge in [0.25, 0.3) is 0 Å². The molecule has 2 rings (SSSR count). The van der Waals surface area contributed by atoms with Crippen LogP contribution in [0.5, 0.6) is 0 Å². The summed E-state index contributed by atoms with van der Waals surface area (Å²) in [6, 6.07) is 0.0751.